The van der Waals surface area contributed by atoms with Crippen molar-refractivity contribution >= 4 is 47.0 Å². The van der Waals surface area contributed by atoms with Gasteiger partial charge in [-0.05, 0) is 37.5 Å². The molecule has 3 saturated carbocycles. The van der Waals surface area contributed by atoms with E-state index in [-0.39, 0.29) is 0 Å². The molecule has 4 heteroatoms. The summed E-state index contributed by atoms with van der Waals surface area (Å²) in [6, 6.07) is 0. The van der Waals surface area contributed by atoms with Crippen LogP contribution in [0.4, 0.5) is 0 Å². The Hall–Kier alpha value is 1.40. The Morgan fingerprint density at radius 3 is 1.31 bits per heavy atom. The SMILES string of the molecule is C1CSC2(CC3CCC2CC32SCCS2)S1. The molecule has 0 nitrogen and oxygen atoms in total. The van der Waals surface area contributed by atoms with Crippen molar-refractivity contribution < 1.29 is 0 Å². The Labute approximate surface area is 115 Å². The molecule has 5 rings (SSSR count). The van der Waals surface area contributed by atoms with E-state index < -0.39 is 0 Å². The highest BCUT2D eigenvalue weighted by atomic mass is 32.2. The second kappa shape index (κ2) is 3.94. The van der Waals surface area contributed by atoms with Crippen molar-refractivity contribution in [2.24, 2.45) is 11.8 Å². The summed E-state index contributed by atoms with van der Waals surface area (Å²) in [5.74, 6) is 7.74. The van der Waals surface area contributed by atoms with E-state index in [0.29, 0.717) is 8.16 Å². The number of hydrogen-bond donors (Lipinski definition) is 0. The van der Waals surface area contributed by atoms with Crippen LogP contribution in [0.15, 0.2) is 0 Å². The zero-order valence-corrected chi connectivity index (χ0v) is 12.7. The topological polar surface area (TPSA) is 0 Å². The minimum absolute atomic E-state index is 0.678. The number of fused-ring (bicyclic) bond motifs is 1. The van der Waals surface area contributed by atoms with Gasteiger partial charge in [-0.3, -0.25) is 0 Å². The molecule has 0 aromatic carbocycles. The maximum absolute atomic E-state index is 2.32. The van der Waals surface area contributed by atoms with Crippen LogP contribution < -0.4 is 0 Å². The summed E-state index contributed by atoms with van der Waals surface area (Å²) in [7, 11) is 0. The Bertz CT molecular complexity index is 261. The van der Waals surface area contributed by atoms with E-state index in [9.17, 15) is 0 Å². The van der Waals surface area contributed by atoms with Gasteiger partial charge in [0.1, 0.15) is 0 Å². The summed E-state index contributed by atoms with van der Waals surface area (Å²) in [6.45, 7) is 0. The number of thioether (sulfide) groups is 4. The molecule has 2 unspecified atom stereocenters. The van der Waals surface area contributed by atoms with Crippen molar-refractivity contribution in [2.75, 3.05) is 23.0 Å². The molecule has 0 radical (unpaired) electrons. The molecule has 0 aromatic rings. The number of rotatable bonds is 0. The predicted molar refractivity (Wildman–Crippen MR) is 80.7 cm³/mol. The van der Waals surface area contributed by atoms with Crippen molar-refractivity contribution in [1.82, 2.24) is 0 Å². The van der Waals surface area contributed by atoms with Crippen LogP contribution in [0.5, 0.6) is 0 Å². The molecule has 2 bridgehead atoms. The third kappa shape index (κ3) is 1.48. The summed E-state index contributed by atoms with van der Waals surface area (Å²) in [4.78, 5) is 0. The van der Waals surface area contributed by atoms with Crippen LogP contribution in [-0.2, 0) is 0 Å². The van der Waals surface area contributed by atoms with E-state index >= 15 is 0 Å². The van der Waals surface area contributed by atoms with Crippen molar-refractivity contribution in [2.45, 2.75) is 33.8 Å². The van der Waals surface area contributed by atoms with E-state index in [1.165, 1.54) is 48.7 Å². The predicted octanol–water partition coefficient (Wildman–Crippen LogP) is 4.16. The molecule has 2 atom stereocenters. The van der Waals surface area contributed by atoms with Gasteiger partial charge in [-0.2, -0.15) is 0 Å². The van der Waals surface area contributed by atoms with Gasteiger partial charge < -0.3 is 0 Å². The average molecular weight is 291 g/mol. The van der Waals surface area contributed by atoms with Gasteiger partial charge >= 0.3 is 0 Å². The molecule has 2 heterocycles. The quantitative estimate of drug-likeness (QED) is 0.656. The first-order valence-corrected chi connectivity index (χ1v) is 10.3. The minimum atomic E-state index is 0.678. The molecule has 2 aliphatic heterocycles. The second-order valence-electron chi connectivity index (χ2n) is 5.40. The molecule has 5 aliphatic rings. The Morgan fingerprint density at radius 1 is 0.625 bits per heavy atom. The van der Waals surface area contributed by atoms with E-state index in [1.807, 2.05) is 0 Å². The molecule has 2 spiro atoms. The van der Waals surface area contributed by atoms with Gasteiger partial charge in [0.05, 0.1) is 8.16 Å². The lowest BCUT2D eigenvalue weighted by Crippen LogP contribution is -2.51. The van der Waals surface area contributed by atoms with Crippen molar-refractivity contribution in [1.29, 1.82) is 0 Å². The normalized spacial score (nSPS) is 43.5. The van der Waals surface area contributed by atoms with Crippen LogP contribution in [0, 0.1) is 11.8 Å². The lowest BCUT2D eigenvalue weighted by Gasteiger charge is -2.56. The second-order valence-corrected chi connectivity index (χ2v) is 11.6. The van der Waals surface area contributed by atoms with Crippen LogP contribution in [0.2, 0.25) is 0 Å². The average Bonchev–Trinajstić information content (AvgIpc) is 2.92. The summed E-state index contributed by atoms with van der Waals surface area (Å²) >= 11 is 9.26. The van der Waals surface area contributed by atoms with Gasteiger partial charge in [0.2, 0.25) is 0 Å². The first-order chi connectivity index (χ1) is 7.83. The van der Waals surface area contributed by atoms with Crippen LogP contribution in [-0.4, -0.2) is 31.2 Å². The third-order valence-corrected chi connectivity index (χ3v) is 12.2. The lowest BCUT2D eigenvalue weighted by atomic mass is 9.69. The highest BCUT2D eigenvalue weighted by Gasteiger charge is 2.60. The maximum Gasteiger partial charge on any atom is 0.0643 e. The molecule has 0 N–H and O–H groups in total. The molecule has 90 valence electrons. The van der Waals surface area contributed by atoms with Gasteiger partial charge in [-0.1, -0.05) is 0 Å². The van der Waals surface area contributed by atoms with Gasteiger partial charge in [0, 0.05) is 23.0 Å². The largest absolute Gasteiger partial charge is 0.143 e. The molecule has 2 saturated heterocycles. The molecule has 0 amide bonds. The van der Waals surface area contributed by atoms with Gasteiger partial charge in [-0.25, -0.2) is 0 Å². The van der Waals surface area contributed by atoms with Crippen LogP contribution in [0.3, 0.4) is 0 Å². The monoisotopic (exact) mass is 290 g/mol. The first-order valence-electron chi connectivity index (χ1n) is 6.39. The Kier molecular flexibility index (Phi) is 2.77. The lowest BCUT2D eigenvalue weighted by molar-refractivity contribution is 0.165. The van der Waals surface area contributed by atoms with E-state index in [4.69, 9.17) is 0 Å². The molecular weight excluding hydrogens is 272 g/mol. The van der Waals surface area contributed by atoms with Crippen LogP contribution in [0.1, 0.15) is 25.7 Å². The first kappa shape index (κ1) is 11.2. The van der Waals surface area contributed by atoms with Crippen molar-refractivity contribution in [3.63, 3.8) is 0 Å². The standard InChI is InChI=1S/C12H18S4/c1-2-10-8-11(13-3-4-14-11)9(1)7-12(10)15-5-6-16-12/h9-10H,1-8H2. The van der Waals surface area contributed by atoms with E-state index in [1.54, 1.807) is 0 Å². The zero-order valence-electron chi connectivity index (χ0n) is 9.44. The third-order valence-electron chi connectivity index (χ3n) is 4.72. The summed E-state index contributed by atoms with van der Waals surface area (Å²) in [5, 5.41) is 0. The Balaban J connectivity index is 1.64. The van der Waals surface area contributed by atoms with Gasteiger partial charge in [-0.15, -0.1) is 47.0 Å². The molecular formula is C12H18S4. The van der Waals surface area contributed by atoms with E-state index in [0.717, 1.165) is 11.8 Å². The van der Waals surface area contributed by atoms with Crippen molar-refractivity contribution in [3.05, 3.63) is 0 Å². The highest BCUT2D eigenvalue weighted by molar-refractivity contribution is 8.22. The summed E-state index contributed by atoms with van der Waals surface area (Å²) in [5.41, 5.74) is 0. The Morgan fingerprint density at radius 2 is 1.00 bits per heavy atom. The summed E-state index contributed by atoms with van der Waals surface area (Å²) < 4.78 is 1.36. The molecule has 16 heavy (non-hydrogen) atoms. The number of hydrogen-bond acceptors (Lipinski definition) is 4. The highest BCUT2D eigenvalue weighted by Crippen LogP contribution is 2.70. The maximum atomic E-state index is 2.32. The van der Waals surface area contributed by atoms with Gasteiger partial charge in [0.15, 0.2) is 0 Å². The fourth-order valence-electron chi connectivity index (χ4n) is 4.03. The molecule has 3 aliphatic carbocycles. The van der Waals surface area contributed by atoms with E-state index in [2.05, 4.69) is 47.0 Å². The molecule has 5 fully saturated rings. The molecule has 0 aromatic heterocycles. The summed E-state index contributed by atoms with van der Waals surface area (Å²) in [6.07, 6.45) is 6.14. The van der Waals surface area contributed by atoms with Crippen LogP contribution >= 0.6 is 47.0 Å². The fraction of sp³-hybridized carbons (Fsp3) is 1.00. The minimum Gasteiger partial charge on any atom is -0.143 e. The van der Waals surface area contributed by atoms with Crippen molar-refractivity contribution in [3.8, 4) is 0 Å². The fourth-order valence-corrected chi connectivity index (χ4v) is 11.4. The smallest absolute Gasteiger partial charge is 0.0643 e. The van der Waals surface area contributed by atoms with Gasteiger partial charge in [0.25, 0.3) is 0 Å². The zero-order chi connectivity index (χ0) is 10.6. The van der Waals surface area contributed by atoms with Crippen LogP contribution in [0.25, 0.3) is 0 Å².